The molecule has 0 bridgehead atoms. The van der Waals surface area contributed by atoms with Gasteiger partial charge in [0.2, 0.25) is 0 Å². The predicted octanol–water partition coefficient (Wildman–Crippen LogP) is 2.31. The Morgan fingerprint density at radius 1 is 1.53 bits per heavy atom. The van der Waals surface area contributed by atoms with Crippen molar-refractivity contribution in [1.29, 1.82) is 0 Å². The Hall–Kier alpha value is -0.130. The van der Waals surface area contributed by atoms with E-state index in [1.54, 1.807) is 0 Å². The highest BCUT2D eigenvalue weighted by Crippen LogP contribution is 2.39. The van der Waals surface area contributed by atoms with E-state index in [1.165, 1.54) is 23.6 Å². The number of rotatable bonds is 4. The van der Waals surface area contributed by atoms with Crippen LogP contribution in [0.4, 0.5) is 0 Å². The first kappa shape index (κ1) is 13.3. The van der Waals surface area contributed by atoms with Crippen LogP contribution in [0, 0.1) is 0 Å². The normalized spacial score (nSPS) is 27.0. The van der Waals surface area contributed by atoms with Crippen LogP contribution in [0.5, 0.6) is 0 Å². The molecule has 1 N–H and O–H groups in total. The minimum Gasteiger partial charge on any atom is -0.311 e. The first-order valence-electron chi connectivity index (χ1n) is 6.16. The quantitative estimate of drug-likeness (QED) is 0.910. The fourth-order valence-electron chi connectivity index (χ4n) is 2.42. The van der Waals surface area contributed by atoms with Gasteiger partial charge in [-0.25, -0.2) is 0 Å². The van der Waals surface area contributed by atoms with E-state index in [0.29, 0.717) is 11.3 Å². The lowest BCUT2D eigenvalue weighted by Gasteiger charge is -2.35. The summed E-state index contributed by atoms with van der Waals surface area (Å²) in [5.41, 5.74) is 1.30. The van der Waals surface area contributed by atoms with Crippen molar-refractivity contribution in [1.82, 2.24) is 15.1 Å². The summed E-state index contributed by atoms with van der Waals surface area (Å²) in [6.07, 6.45) is 3.14. The second-order valence-electron chi connectivity index (χ2n) is 4.30. The smallest absolute Gasteiger partial charge is 0.0620 e. The largest absolute Gasteiger partial charge is 0.311 e. The van der Waals surface area contributed by atoms with Gasteiger partial charge in [-0.1, -0.05) is 6.92 Å². The number of hydrogen-bond acceptors (Lipinski definition) is 4. The summed E-state index contributed by atoms with van der Waals surface area (Å²) in [5, 5.41) is 9.18. The molecule has 1 aliphatic rings. The Balaban J connectivity index is 2.19. The van der Waals surface area contributed by atoms with Crippen molar-refractivity contribution in [3.05, 3.63) is 18.0 Å². The molecule has 3 unspecified atom stereocenters. The lowest BCUT2D eigenvalue weighted by molar-refractivity contribution is 0.504. The number of aromatic nitrogens is 2. The number of nitrogens with one attached hydrogen (secondary N) is 1. The highest BCUT2D eigenvalue weighted by atomic mass is 32.2. The van der Waals surface area contributed by atoms with E-state index in [0.717, 1.165) is 5.25 Å². The summed E-state index contributed by atoms with van der Waals surface area (Å²) >= 11 is 4.24. The van der Waals surface area contributed by atoms with Crippen molar-refractivity contribution in [3.8, 4) is 0 Å². The molecule has 2 heterocycles. The van der Waals surface area contributed by atoms with Crippen LogP contribution in [0.15, 0.2) is 12.3 Å². The van der Waals surface area contributed by atoms with E-state index in [9.17, 15) is 0 Å². The summed E-state index contributed by atoms with van der Waals surface area (Å²) < 4.78 is 1.99. The zero-order valence-corrected chi connectivity index (χ0v) is 12.4. The Morgan fingerprint density at radius 3 is 2.88 bits per heavy atom. The summed E-state index contributed by atoms with van der Waals surface area (Å²) in [6.45, 7) is 2.30. The molecule has 3 atom stereocenters. The summed E-state index contributed by atoms with van der Waals surface area (Å²) in [4.78, 5) is 0. The molecule has 5 heteroatoms. The van der Waals surface area contributed by atoms with Crippen LogP contribution in [0.25, 0.3) is 0 Å². The van der Waals surface area contributed by atoms with Crippen LogP contribution in [-0.2, 0) is 7.05 Å². The molecule has 0 aromatic carbocycles. The lowest BCUT2D eigenvalue weighted by atomic mass is 10.1. The second-order valence-corrected chi connectivity index (χ2v) is 6.93. The van der Waals surface area contributed by atoms with Gasteiger partial charge in [0.1, 0.15) is 0 Å². The lowest BCUT2D eigenvalue weighted by Crippen LogP contribution is -2.38. The third-order valence-corrected chi connectivity index (χ3v) is 6.66. The summed E-state index contributed by atoms with van der Waals surface area (Å²) in [5.74, 6) is 2.56. The molecule has 1 aliphatic heterocycles. The second kappa shape index (κ2) is 6.16. The van der Waals surface area contributed by atoms with Crippen LogP contribution in [0.2, 0.25) is 0 Å². The highest BCUT2D eigenvalue weighted by molar-refractivity contribution is 8.07. The monoisotopic (exact) mass is 271 g/mol. The van der Waals surface area contributed by atoms with E-state index < -0.39 is 0 Å². The van der Waals surface area contributed by atoms with Crippen molar-refractivity contribution < 1.29 is 0 Å². The van der Waals surface area contributed by atoms with Crippen molar-refractivity contribution in [2.24, 2.45) is 7.05 Å². The average Bonchev–Trinajstić information content (AvgIpc) is 2.78. The molecule has 0 amide bonds. The Morgan fingerprint density at radius 2 is 2.29 bits per heavy atom. The third-order valence-electron chi connectivity index (χ3n) is 3.31. The maximum atomic E-state index is 4.29. The van der Waals surface area contributed by atoms with E-state index in [2.05, 4.69) is 54.0 Å². The van der Waals surface area contributed by atoms with Gasteiger partial charge >= 0.3 is 0 Å². The van der Waals surface area contributed by atoms with Gasteiger partial charge in [0.05, 0.1) is 11.7 Å². The van der Waals surface area contributed by atoms with Crippen molar-refractivity contribution >= 4 is 23.5 Å². The summed E-state index contributed by atoms with van der Waals surface area (Å²) in [6, 6.07) is 2.54. The van der Waals surface area contributed by atoms with Crippen LogP contribution in [0.3, 0.4) is 0 Å². The number of thioether (sulfide) groups is 2. The Bertz CT molecular complexity index is 353. The highest BCUT2D eigenvalue weighted by Gasteiger charge is 2.33. The molecule has 1 fully saturated rings. The van der Waals surface area contributed by atoms with Crippen molar-refractivity contribution in [3.63, 3.8) is 0 Å². The molecular weight excluding hydrogens is 250 g/mol. The topological polar surface area (TPSA) is 29.9 Å². The van der Waals surface area contributed by atoms with Gasteiger partial charge in [0, 0.05) is 35.3 Å². The molecule has 1 aromatic heterocycles. The van der Waals surface area contributed by atoms with Gasteiger partial charge in [-0.05, 0) is 19.5 Å². The molecule has 1 aromatic rings. The molecular formula is C12H21N3S2. The zero-order chi connectivity index (χ0) is 12.3. The van der Waals surface area contributed by atoms with E-state index >= 15 is 0 Å². The molecule has 0 spiro atoms. The van der Waals surface area contributed by atoms with Gasteiger partial charge in [0.25, 0.3) is 0 Å². The minimum absolute atomic E-state index is 0.408. The van der Waals surface area contributed by atoms with Crippen LogP contribution in [-0.4, -0.2) is 38.8 Å². The standard InChI is InChI=1S/C12H21N3S2/c1-4-10-12(17-8-7-16-10)11(13-2)9-5-6-14-15(9)3/h5-6,10-13H,4,7-8H2,1-3H3. The SMILES string of the molecule is CCC1SCCSC1C(NC)c1ccnn1C. The minimum atomic E-state index is 0.408. The maximum absolute atomic E-state index is 4.29. The molecule has 0 radical (unpaired) electrons. The molecule has 0 aliphatic carbocycles. The fraction of sp³-hybridized carbons (Fsp3) is 0.750. The number of aryl methyl sites for hydroxylation is 1. The number of hydrogen-bond donors (Lipinski definition) is 1. The van der Waals surface area contributed by atoms with Gasteiger partial charge in [-0.3, -0.25) is 4.68 Å². The van der Waals surface area contributed by atoms with Gasteiger partial charge in [-0.2, -0.15) is 28.6 Å². The average molecular weight is 271 g/mol. The van der Waals surface area contributed by atoms with E-state index in [1.807, 2.05) is 17.9 Å². The molecule has 17 heavy (non-hydrogen) atoms. The maximum Gasteiger partial charge on any atom is 0.0620 e. The summed E-state index contributed by atoms with van der Waals surface area (Å²) in [7, 11) is 4.09. The van der Waals surface area contributed by atoms with Gasteiger partial charge in [0.15, 0.2) is 0 Å². The Labute approximate surface area is 112 Å². The number of nitrogens with zero attached hydrogens (tertiary/aromatic N) is 2. The fourth-order valence-corrected chi connectivity index (χ4v) is 5.69. The van der Waals surface area contributed by atoms with Crippen LogP contribution >= 0.6 is 23.5 Å². The van der Waals surface area contributed by atoms with Crippen LogP contribution in [0.1, 0.15) is 25.1 Å². The molecule has 2 rings (SSSR count). The van der Waals surface area contributed by atoms with Crippen molar-refractivity contribution in [2.45, 2.75) is 29.9 Å². The molecule has 96 valence electrons. The van der Waals surface area contributed by atoms with Gasteiger partial charge in [-0.15, -0.1) is 0 Å². The Kier molecular flexibility index (Phi) is 4.82. The van der Waals surface area contributed by atoms with Crippen LogP contribution < -0.4 is 5.32 Å². The molecule has 3 nitrogen and oxygen atoms in total. The predicted molar refractivity (Wildman–Crippen MR) is 77.8 cm³/mol. The molecule has 1 saturated heterocycles. The van der Waals surface area contributed by atoms with Gasteiger partial charge < -0.3 is 5.32 Å². The molecule has 0 saturated carbocycles. The van der Waals surface area contributed by atoms with E-state index in [-0.39, 0.29) is 0 Å². The first-order chi connectivity index (χ1) is 8.27. The van der Waals surface area contributed by atoms with E-state index in [4.69, 9.17) is 0 Å². The zero-order valence-electron chi connectivity index (χ0n) is 10.7. The first-order valence-corrected chi connectivity index (χ1v) is 8.26. The third kappa shape index (κ3) is 2.83. The van der Waals surface area contributed by atoms with Crippen molar-refractivity contribution in [2.75, 3.05) is 18.6 Å².